The Morgan fingerprint density at radius 1 is 1.22 bits per heavy atom. The maximum atomic E-state index is 15.3. The van der Waals surface area contributed by atoms with Gasteiger partial charge in [0.05, 0.1) is 29.4 Å². The van der Waals surface area contributed by atoms with Crippen molar-refractivity contribution in [3.63, 3.8) is 0 Å². The predicted octanol–water partition coefficient (Wildman–Crippen LogP) is 3.56. The zero-order valence-electron chi connectivity index (χ0n) is 20.1. The highest BCUT2D eigenvalue weighted by Gasteiger charge is 2.46. The first-order valence-electron chi connectivity index (χ1n) is 12.1. The van der Waals surface area contributed by atoms with Gasteiger partial charge in [0.25, 0.3) is 5.91 Å². The van der Waals surface area contributed by atoms with E-state index in [4.69, 9.17) is 12.6 Å². The number of halogens is 2. The first kappa shape index (κ1) is 23.8. The van der Waals surface area contributed by atoms with E-state index in [1.807, 2.05) is 18.3 Å². The molecule has 2 radical (unpaired) electrons. The standard InChI is InChI=1S/C27H23BF2N4O3/c1-33-13-20-18(7-5-15(24(20)32-33)4-6-17-8-10-37-17)16-11-22(29)21(23(30)12-16)14-34-26(35)19-3-2-9-31-25(19)27(34,28)36/h2-3,5,7,9,11-13,17,36H,4,6,8,10,14H2,1H3. The van der Waals surface area contributed by atoms with Gasteiger partial charge in [-0.3, -0.25) is 14.5 Å². The molecule has 0 bridgehead atoms. The van der Waals surface area contributed by atoms with Gasteiger partial charge in [0.15, 0.2) is 7.85 Å². The van der Waals surface area contributed by atoms with Gasteiger partial charge in [0.1, 0.15) is 17.3 Å². The number of benzene rings is 2. The van der Waals surface area contributed by atoms with Gasteiger partial charge >= 0.3 is 0 Å². The van der Waals surface area contributed by atoms with Crippen molar-refractivity contribution < 1.29 is 23.4 Å². The topological polar surface area (TPSA) is 80.5 Å². The van der Waals surface area contributed by atoms with Gasteiger partial charge in [-0.05, 0) is 60.2 Å². The van der Waals surface area contributed by atoms with Crippen LogP contribution in [0.25, 0.3) is 22.0 Å². The van der Waals surface area contributed by atoms with E-state index in [0.29, 0.717) is 11.1 Å². The number of pyridine rings is 1. The Morgan fingerprint density at radius 2 is 1.97 bits per heavy atom. The van der Waals surface area contributed by atoms with Crippen LogP contribution in [-0.2, 0) is 30.4 Å². The van der Waals surface area contributed by atoms with Crippen LogP contribution < -0.4 is 0 Å². The van der Waals surface area contributed by atoms with E-state index < -0.39 is 29.7 Å². The van der Waals surface area contributed by atoms with Gasteiger partial charge in [-0.2, -0.15) is 5.10 Å². The van der Waals surface area contributed by atoms with E-state index in [1.54, 1.807) is 11.7 Å². The second-order valence-corrected chi connectivity index (χ2v) is 9.59. The number of hydrogen-bond acceptors (Lipinski definition) is 5. The minimum atomic E-state index is -2.28. The van der Waals surface area contributed by atoms with Gasteiger partial charge in [-0.25, -0.2) is 8.78 Å². The summed E-state index contributed by atoms with van der Waals surface area (Å²) in [7, 11) is 7.77. The number of nitrogens with zero attached hydrogens (tertiary/aromatic N) is 4. The monoisotopic (exact) mass is 500 g/mol. The number of rotatable bonds is 6. The minimum Gasteiger partial charge on any atom is -0.378 e. The molecule has 1 saturated heterocycles. The number of amides is 1. The number of aliphatic hydroxyl groups is 1. The van der Waals surface area contributed by atoms with Gasteiger partial charge in [-0.1, -0.05) is 12.1 Å². The summed E-state index contributed by atoms with van der Waals surface area (Å²) in [5.41, 5.74) is 0.182. The molecule has 2 atom stereocenters. The van der Waals surface area contributed by atoms with Gasteiger partial charge < -0.3 is 14.7 Å². The Kier molecular flexibility index (Phi) is 5.61. The molecule has 2 aliphatic heterocycles. The normalized spacial score (nSPS) is 20.9. The molecule has 4 heterocycles. The number of carbonyl (C=O) groups excluding carboxylic acids is 1. The van der Waals surface area contributed by atoms with Crippen molar-refractivity contribution in [2.24, 2.45) is 7.05 Å². The highest BCUT2D eigenvalue weighted by atomic mass is 19.1. The quantitative estimate of drug-likeness (QED) is 0.410. The molecule has 2 aromatic heterocycles. The van der Waals surface area contributed by atoms with Crippen molar-refractivity contribution in [2.75, 3.05) is 6.61 Å². The molecule has 37 heavy (non-hydrogen) atoms. The molecule has 4 aromatic rings. The first-order chi connectivity index (χ1) is 17.7. The lowest BCUT2D eigenvalue weighted by atomic mass is 9.87. The Bertz CT molecular complexity index is 1530. The Balaban J connectivity index is 1.33. The number of carbonyl (C=O) groups is 1. The average molecular weight is 500 g/mol. The van der Waals surface area contributed by atoms with Crippen LogP contribution in [0.5, 0.6) is 0 Å². The highest BCUT2D eigenvalue weighted by Crippen LogP contribution is 2.37. The van der Waals surface area contributed by atoms with Crippen molar-refractivity contribution in [3.8, 4) is 11.1 Å². The molecule has 2 aromatic carbocycles. The molecule has 186 valence electrons. The summed E-state index contributed by atoms with van der Waals surface area (Å²) in [5, 5.41) is 16.1. The van der Waals surface area contributed by atoms with Gasteiger partial charge in [0.2, 0.25) is 0 Å². The van der Waals surface area contributed by atoms with Crippen molar-refractivity contribution in [3.05, 3.63) is 82.8 Å². The van der Waals surface area contributed by atoms with Crippen LogP contribution in [0.4, 0.5) is 8.78 Å². The van der Waals surface area contributed by atoms with E-state index >= 15 is 8.78 Å². The van der Waals surface area contributed by atoms with Crippen LogP contribution in [0, 0.1) is 11.6 Å². The number of aromatic nitrogens is 3. The summed E-state index contributed by atoms with van der Waals surface area (Å²) in [6.07, 6.45) is 6.23. The van der Waals surface area contributed by atoms with Crippen LogP contribution in [0.1, 0.15) is 40.0 Å². The van der Waals surface area contributed by atoms with E-state index in [1.165, 1.54) is 30.5 Å². The molecule has 10 heteroatoms. The van der Waals surface area contributed by atoms with Crippen LogP contribution in [0.15, 0.2) is 48.8 Å². The van der Waals surface area contributed by atoms with E-state index in [9.17, 15) is 9.90 Å². The summed E-state index contributed by atoms with van der Waals surface area (Å²) < 4.78 is 37.9. The van der Waals surface area contributed by atoms with Crippen LogP contribution in [0.3, 0.4) is 0 Å². The fraction of sp³-hybridized carbons (Fsp3) is 0.296. The molecule has 0 spiro atoms. The maximum Gasteiger partial charge on any atom is 0.258 e. The van der Waals surface area contributed by atoms with Crippen molar-refractivity contribution in [1.29, 1.82) is 0 Å². The molecule has 7 nitrogen and oxygen atoms in total. The molecule has 1 fully saturated rings. The first-order valence-corrected chi connectivity index (χ1v) is 12.1. The number of ether oxygens (including phenoxy) is 1. The zero-order chi connectivity index (χ0) is 25.9. The fourth-order valence-electron chi connectivity index (χ4n) is 5.12. The third kappa shape index (κ3) is 3.91. The Labute approximate surface area is 213 Å². The molecular formula is C27H23BF2N4O3. The molecule has 0 saturated carbocycles. The maximum absolute atomic E-state index is 15.3. The van der Waals surface area contributed by atoms with Gasteiger partial charge in [0, 0.05) is 37.0 Å². The minimum absolute atomic E-state index is 0.0552. The fourth-order valence-corrected chi connectivity index (χ4v) is 5.12. The summed E-state index contributed by atoms with van der Waals surface area (Å²) in [4.78, 5) is 17.6. The molecule has 0 aliphatic carbocycles. The lowest BCUT2D eigenvalue weighted by Gasteiger charge is -2.31. The number of aryl methyl sites for hydroxylation is 2. The molecule has 2 unspecified atom stereocenters. The molecule has 1 amide bonds. The number of fused-ring (bicyclic) bond motifs is 2. The molecule has 6 rings (SSSR count). The number of hydrogen-bond donors (Lipinski definition) is 1. The van der Waals surface area contributed by atoms with Crippen molar-refractivity contribution in [2.45, 2.75) is 37.5 Å². The largest absolute Gasteiger partial charge is 0.378 e. The average Bonchev–Trinajstić information content (AvgIpc) is 3.31. The third-order valence-electron chi connectivity index (χ3n) is 7.21. The van der Waals surface area contributed by atoms with Crippen LogP contribution in [-0.4, -0.2) is 51.2 Å². The summed E-state index contributed by atoms with van der Waals surface area (Å²) in [5.74, 6) is -2.37. The van der Waals surface area contributed by atoms with E-state index in [-0.39, 0.29) is 22.9 Å². The second-order valence-electron chi connectivity index (χ2n) is 9.59. The van der Waals surface area contributed by atoms with Crippen molar-refractivity contribution >= 4 is 24.7 Å². The van der Waals surface area contributed by atoms with E-state index in [0.717, 1.165) is 47.2 Å². The lowest BCUT2D eigenvalue weighted by Crippen LogP contribution is -2.44. The third-order valence-corrected chi connectivity index (χ3v) is 7.21. The Hall–Kier alpha value is -3.63. The predicted molar refractivity (Wildman–Crippen MR) is 133 cm³/mol. The molecule has 1 N–H and O–H groups in total. The smallest absolute Gasteiger partial charge is 0.258 e. The lowest BCUT2D eigenvalue weighted by molar-refractivity contribution is -0.0541. The molecular weight excluding hydrogens is 477 g/mol. The zero-order valence-corrected chi connectivity index (χ0v) is 20.1. The SMILES string of the molecule is [B]C1(O)c2ncccc2C(=O)N1Cc1c(F)cc(-c2ccc(CCC3CCO3)c3nn(C)cc23)cc1F. The van der Waals surface area contributed by atoms with E-state index in [2.05, 4.69) is 10.1 Å². The van der Waals surface area contributed by atoms with Crippen LogP contribution in [0.2, 0.25) is 0 Å². The highest BCUT2D eigenvalue weighted by molar-refractivity contribution is 6.19. The summed E-state index contributed by atoms with van der Waals surface area (Å²) in [6.45, 7) is 0.237. The Morgan fingerprint density at radius 3 is 2.65 bits per heavy atom. The van der Waals surface area contributed by atoms with Crippen molar-refractivity contribution in [1.82, 2.24) is 19.7 Å². The summed E-state index contributed by atoms with van der Waals surface area (Å²) in [6, 6.07) is 9.22. The van der Waals surface area contributed by atoms with Gasteiger partial charge in [-0.15, -0.1) is 0 Å². The summed E-state index contributed by atoms with van der Waals surface area (Å²) >= 11 is 0. The molecule has 2 aliphatic rings. The second kappa shape index (κ2) is 8.74. The van der Waals surface area contributed by atoms with Crippen LogP contribution >= 0.6 is 0 Å².